The van der Waals surface area contributed by atoms with Crippen molar-refractivity contribution in [1.29, 1.82) is 0 Å². The molecule has 3 aromatic carbocycles. The summed E-state index contributed by atoms with van der Waals surface area (Å²) in [4.78, 5) is 28.8. The lowest BCUT2D eigenvalue weighted by Gasteiger charge is -2.27. The minimum absolute atomic E-state index is 0.145. The molecular formula is C27H25ClN2O4S. The number of fused-ring (bicyclic) bond motifs is 1. The molecule has 0 saturated heterocycles. The summed E-state index contributed by atoms with van der Waals surface area (Å²) in [5.74, 6) is 0.972. The zero-order valence-corrected chi connectivity index (χ0v) is 21.2. The van der Waals surface area contributed by atoms with Gasteiger partial charge >= 0.3 is 0 Å². The maximum absolute atomic E-state index is 13.0. The van der Waals surface area contributed by atoms with Crippen LogP contribution in [0.1, 0.15) is 21.5 Å². The van der Waals surface area contributed by atoms with E-state index < -0.39 is 0 Å². The van der Waals surface area contributed by atoms with Gasteiger partial charge in [-0.2, -0.15) is 0 Å². The Labute approximate surface area is 213 Å². The number of carbonyl (C=O) groups excluding carboxylic acids is 2. The predicted octanol–water partition coefficient (Wildman–Crippen LogP) is 5.44. The summed E-state index contributed by atoms with van der Waals surface area (Å²) >= 11 is 7.63. The Balaban J connectivity index is 1.45. The van der Waals surface area contributed by atoms with Crippen molar-refractivity contribution in [2.45, 2.75) is 11.3 Å². The van der Waals surface area contributed by atoms with Crippen LogP contribution in [0.25, 0.3) is 6.08 Å². The Bertz CT molecular complexity index is 1310. The van der Waals surface area contributed by atoms with Gasteiger partial charge in [0.1, 0.15) is 0 Å². The normalized spacial score (nSPS) is 14.0. The second kappa shape index (κ2) is 10.9. The van der Waals surface area contributed by atoms with Crippen LogP contribution in [0.2, 0.25) is 5.02 Å². The molecular weight excluding hydrogens is 484 g/mol. The first kappa shape index (κ1) is 24.7. The number of benzene rings is 3. The summed E-state index contributed by atoms with van der Waals surface area (Å²) in [6.45, 7) is 0.458. The number of hydrogen-bond acceptors (Lipinski definition) is 5. The summed E-state index contributed by atoms with van der Waals surface area (Å²) in [5.41, 5.74) is 3.00. The van der Waals surface area contributed by atoms with Gasteiger partial charge in [-0.3, -0.25) is 9.59 Å². The summed E-state index contributed by atoms with van der Waals surface area (Å²) < 4.78 is 10.6. The third-order valence-corrected chi connectivity index (χ3v) is 7.08. The molecule has 3 aromatic rings. The Morgan fingerprint density at radius 2 is 1.83 bits per heavy atom. The topological polar surface area (TPSA) is 67.9 Å². The van der Waals surface area contributed by atoms with Crippen LogP contribution >= 0.6 is 23.4 Å². The van der Waals surface area contributed by atoms with Crippen molar-refractivity contribution in [2.75, 3.05) is 32.7 Å². The zero-order chi connectivity index (χ0) is 24.9. The van der Waals surface area contributed by atoms with Crippen LogP contribution in [-0.2, 0) is 11.2 Å². The van der Waals surface area contributed by atoms with Gasteiger partial charge in [0.05, 0.1) is 24.8 Å². The minimum atomic E-state index is -0.198. The van der Waals surface area contributed by atoms with E-state index >= 15 is 0 Å². The SMILES string of the molecule is COc1ccc(CCNC(=O)c2ccc3c(c2)N(C)C(=O)/C(=C/c2ccccc2Cl)S3)cc1OC. The van der Waals surface area contributed by atoms with Crippen LogP contribution < -0.4 is 19.7 Å². The minimum Gasteiger partial charge on any atom is -0.493 e. The van der Waals surface area contributed by atoms with Gasteiger partial charge in [-0.15, -0.1) is 0 Å². The maximum Gasteiger partial charge on any atom is 0.264 e. The van der Waals surface area contributed by atoms with E-state index in [1.807, 2.05) is 42.5 Å². The van der Waals surface area contributed by atoms with E-state index in [0.29, 0.717) is 45.6 Å². The number of halogens is 1. The number of anilines is 1. The fourth-order valence-corrected chi connectivity index (χ4v) is 5.00. The average Bonchev–Trinajstić information content (AvgIpc) is 2.88. The van der Waals surface area contributed by atoms with Crippen LogP contribution in [-0.4, -0.2) is 39.6 Å². The molecule has 0 aliphatic carbocycles. The molecule has 180 valence electrons. The third kappa shape index (κ3) is 5.47. The standard InChI is InChI=1S/C27H25ClN2O4S/c1-30-21-15-19(26(31)29-13-12-17-8-10-22(33-2)23(14-17)34-3)9-11-24(21)35-25(27(30)32)16-18-6-4-5-7-20(18)28/h4-11,14-16H,12-13H2,1-3H3,(H,29,31)/b25-16-. The summed E-state index contributed by atoms with van der Waals surface area (Å²) in [6.07, 6.45) is 2.44. The van der Waals surface area contributed by atoms with Crippen LogP contribution in [0.5, 0.6) is 11.5 Å². The monoisotopic (exact) mass is 508 g/mol. The molecule has 0 radical (unpaired) electrons. The van der Waals surface area contributed by atoms with Crippen molar-refractivity contribution in [3.63, 3.8) is 0 Å². The van der Waals surface area contributed by atoms with E-state index in [0.717, 1.165) is 16.0 Å². The molecule has 35 heavy (non-hydrogen) atoms. The smallest absolute Gasteiger partial charge is 0.264 e. The number of likely N-dealkylation sites (N-methyl/N-ethyl adjacent to an activating group) is 1. The molecule has 0 spiro atoms. The van der Waals surface area contributed by atoms with Gasteiger partial charge in [0.15, 0.2) is 11.5 Å². The molecule has 0 bridgehead atoms. The first-order valence-electron chi connectivity index (χ1n) is 11.0. The van der Waals surface area contributed by atoms with Gasteiger partial charge in [-0.1, -0.05) is 47.6 Å². The number of amides is 2. The van der Waals surface area contributed by atoms with E-state index in [1.54, 1.807) is 50.4 Å². The molecule has 0 atom stereocenters. The highest BCUT2D eigenvalue weighted by molar-refractivity contribution is 8.04. The Hall–Kier alpha value is -3.42. The third-order valence-electron chi connectivity index (χ3n) is 5.66. The van der Waals surface area contributed by atoms with Gasteiger partial charge in [0, 0.05) is 29.1 Å². The fourth-order valence-electron chi connectivity index (χ4n) is 3.73. The highest BCUT2D eigenvalue weighted by Crippen LogP contribution is 2.42. The Kier molecular flexibility index (Phi) is 7.68. The molecule has 1 N–H and O–H groups in total. The molecule has 0 unspecified atom stereocenters. The van der Waals surface area contributed by atoms with Gasteiger partial charge in [-0.05, 0) is 60.0 Å². The predicted molar refractivity (Wildman–Crippen MR) is 141 cm³/mol. The molecule has 6 nitrogen and oxygen atoms in total. The van der Waals surface area contributed by atoms with Gasteiger partial charge < -0.3 is 19.7 Å². The van der Waals surface area contributed by atoms with Gasteiger partial charge in [-0.25, -0.2) is 0 Å². The molecule has 1 aliphatic heterocycles. The largest absolute Gasteiger partial charge is 0.493 e. The van der Waals surface area contributed by atoms with Crippen molar-refractivity contribution in [1.82, 2.24) is 5.32 Å². The van der Waals surface area contributed by atoms with Crippen molar-refractivity contribution in [3.8, 4) is 11.5 Å². The number of methoxy groups -OCH3 is 2. The first-order chi connectivity index (χ1) is 16.9. The Morgan fingerprint density at radius 1 is 1.06 bits per heavy atom. The summed E-state index contributed by atoms with van der Waals surface area (Å²) in [7, 11) is 4.89. The lowest BCUT2D eigenvalue weighted by atomic mass is 10.1. The second-order valence-electron chi connectivity index (χ2n) is 7.87. The van der Waals surface area contributed by atoms with Crippen LogP contribution in [0, 0.1) is 0 Å². The average molecular weight is 509 g/mol. The molecule has 4 rings (SSSR count). The number of nitrogens with one attached hydrogen (secondary N) is 1. The van der Waals surface area contributed by atoms with Crippen LogP contribution in [0.15, 0.2) is 70.5 Å². The van der Waals surface area contributed by atoms with Crippen LogP contribution in [0.3, 0.4) is 0 Å². The first-order valence-corrected chi connectivity index (χ1v) is 12.2. The number of ether oxygens (including phenoxy) is 2. The number of thioether (sulfide) groups is 1. The van der Waals surface area contributed by atoms with Gasteiger partial charge in [0.25, 0.3) is 11.8 Å². The van der Waals surface area contributed by atoms with Crippen molar-refractivity contribution < 1.29 is 19.1 Å². The second-order valence-corrected chi connectivity index (χ2v) is 9.37. The number of hydrogen-bond donors (Lipinski definition) is 1. The quantitative estimate of drug-likeness (QED) is 0.430. The van der Waals surface area contributed by atoms with Crippen molar-refractivity contribution >= 4 is 46.9 Å². The number of rotatable bonds is 7. The highest BCUT2D eigenvalue weighted by Gasteiger charge is 2.27. The van der Waals surface area contributed by atoms with E-state index in [2.05, 4.69) is 5.32 Å². The molecule has 1 aliphatic rings. The fraction of sp³-hybridized carbons (Fsp3) is 0.185. The van der Waals surface area contributed by atoms with Crippen LogP contribution in [0.4, 0.5) is 5.69 Å². The lowest BCUT2D eigenvalue weighted by molar-refractivity contribution is -0.114. The van der Waals surface area contributed by atoms with E-state index in [1.165, 1.54) is 11.8 Å². The van der Waals surface area contributed by atoms with E-state index in [9.17, 15) is 9.59 Å². The molecule has 0 saturated carbocycles. The maximum atomic E-state index is 13.0. The lowest BCUT2D eigenvalue weighted by Crippen LogP contribution is -2.31. The van der Waals surface area contributed by atoms with E-state index in [4.69, 9.17) is 21.1 Å². The Morgan fingerprint density at radius 3 is 2.57 bits per heavy atom. The van der Waals surface area contributed by atoms with Gasteiger partial charge in [0.2, 0.25) is 0 Å². The molecule has 0 fully saturated rings. The molecule has 0 aromatic heterocycles. The summed E-state index contributed by atoms with van der Waals surface area (Å²) in [6, 6.07) is 18.5. The zero-order valence-electron chi connectivity index (χ0n) is 19.6. The highest BCUT2D eigenvalue weighted by atomic mass is 35.5. The number of carbonyl (C=O) groups is 2. The number of nitrogens with zero attached hydrogens (tertiary/aromatic N) is 1. The van der Waals surface area contributed by atoms with Crippen molar-refractivity contribution in [3.05, 3.63) is 87.3 Å². The summed E-state index contributed by atoms with van der Waals surface area (Å²) in [5, 5.41) is 3.53. The molecule has 8 heteroatoms. The molecule has 1 heterocycles. The van der Waals surface area contributed by atoms with E-state index in [-0.39, 0.29) is 11.8 Å². The molecule has 2 amide bonds. The van der Waals surface area contributed by atoms with Crippen molar-refractivity contribution in [2.24, 2.45) is 0 Å².